The average molecular weight is 802 g/mol. The molecule has 8 rings (SSSR count). The summed E-state index contributed by atoms with van der Waals surface area (Å²) in [6.45, 7) is 16.3. The van der Waals surface area contributed by atoms with Crippen molar-refractivity contribution < 1.29 is 28.7 Å². The van der Waals surface area contributed by atoms with E-state index in [2.05, 4.69) is 69.1 Å². The van der Waals surface area contributed by atoms with Crippen LogP contribution in [0.25, 0.3) is 0 Å². The predicted octanol–water partition coefficient (Wildman–Crippen LogP) is 3.71. The lowest BCUT2D eigenvalue weighted by atomic mass is 9.49. The molecule has 2 N–H and O–H groups in total. The van der Waals surface area contributed by atoms with Crippen LogP contribution in [0.2, 0.25) is 0 Å². The summed E-state index contributed by atoms with van der Waals surface area (Å²) >= 11 is 0. The van der Waals surface area contributed by atoms with Crippen LogP contribution in [0.1, 0.15) is 95.6 Å². The average Bonchev–Trinajstić information content (AvgIpc) is 3.47. The molecular weight excluding hydrogens is 751 g/mol. The first kappa shape index (κ1) is 39.9. The summed E-state index contributed by atoms with van der Waals surface area (Å²) in [4.78, 5) is 81.1. The lowest BCUT2D eigenvalue weighted by Gasteiger charge is -2.63. The van der Waals surface area contributed by atoms with Crippen LogP contribution in [-0.4, -0.2) is 113 Å². The number of ether oxygens (including phenoxy) is 1. The molecule has 15 heteroatoms. The van der Waals surface area contributed by atoms with Crippen LogP contribution < -0.4 is 25.2 Å². The van der Waals surface area contributed by atoms with Crippen LogP contribution in [0.5, 0.6) is 5.75 Å². The van der Waals surface area contributed by atoms with Gasteiger partial charge in [0.1, 0.15) is 17.9 Å². The second-order valence-corrected chi connectivity index (χ2v) is 17.8. The summed E-state index contributed by atoms with van der Waals surface area (Å²) in [6, 6.07) is 11.9. The highest BCUT2D eigenvalue weighted by molar-refractivity contribution is 6.23. The molecule has 1 atom stereocenters. The minimum atomic E-state index is -0.979. The molecule has 1 saturated carbocycles. The monoisotopic (exact) mass is 801 g/mol. The van der Waals surface area contributed by atoms with E-state index in [0.717, 1.165) is 74.8 Å². The zero-order valence-corrected chi connectivity index (χ0v) is 34.3. The number of nitrogens with zero attached hydrogens (tertiary/aromatic N) is 7. The number of imide groups is 2. The number of hydrogen-bond acceptors (Lipinski definition) is 12. The SMILES string of the molecule is Cc1cc(OC2C(C)(C)C(NC(=O)c3cnc(N4CCC(CN5CCN(c6ccc7c(c6)C(=O)N(C6CCC(=O)NC6=O)C7=O)CC5)CC4)nc3)C2(C)C)ccc1C#N. The molecule has 0 radical (unpaired) electrons. The quantitative estimate of drug-likeness (QED) is 0.300. The van der Waals surface area contributed by atoms with Gasteiger partial charge in [0.15, 0.2) is 0 Å². The van der Waals surface area contributed by atoms with Gasteiger partial charge in [0, 0.05) is 87.2 Å². The van der Waals surface area contributed by atoms with Gasteiger partial charge in [0.05, 0.1) is 28.3 Å². The topological polar surface area (TPSA) is 181 Å². The van der Waals surface area contributed by atoms with Crippen molar-refractivity contribution in [2.75, 3.05) is 55.6 Å². The maximum absolute atomic E-state index is 13.4. The van der Waals surface area contributed by atoms with Gasteiger partial charge in [0.2, 0.25) is 17.8 Å². The molecule has 3 aromatic rings. The van der Waals surface area contributed by atoms with Crippen molar-refractivity contribution in [3.63, 3.8) is 0 Å². The Bertz CT molecular complexity index is 2220. The Hall–Kier alpha value is -5.88. The maximum atomic E-state index is 13.4. The van der Waals surface area contributed by atoms with Gasteiger partial charge in [-0.1, -0.05) is 27.7 Å². The first-order valence-corrected chi connectivity index (χ1v) is 20.5. The zero-order chi connectivity index (χ0) is 41.8. The van der Waals surface area contributed by atoms with Gasteiger partial charge in [-0.05, 0) is 74.1 Å². The van der Waals surface area contributed by atoms with Gasteiger partial charge in [-0.2, -0.15) is 5.26 Å². The first-order valence-electron chi connectivity index (χ1n) is 20.5. The molecule has 1 unspecified atom stereocenters. The Morgan fingerprint density at radius 1 is 0.881 bits per heavy atom. The lowest BCUT2D eigenvalue weighted by Crippen LogP contribution is -2.74. The van der Waals surface area contributed by atoms with Gasteiger partial charge in [-0.3, -0.25) is 39.1 Å². The fraction of sp³-hybridized carbons (Fsp3) is 0.500. The number of carbonyl (C=O) groups is 5. The fourth-order valence-electron chi connectivity index (χ4n) is 10.1. The predicted molar refractivity (Wildman–Crippen MR) is 218 cm³/mol. The number of piperazine rings is 1. The number of nitrogens with one attached hydrogen (secondary N) is 2. The van der Waals surface area contributed by atoms with Crippen LogP contribution in [0.4, 0.5) is 11.6 Å². The Labute approximate surface area is 344 Å². The summed E-state index contributed by atoms with van der Waals surface area (Å²) < 4.78 is 6.44. The number of nitriles is 1. The van der Waals surface area contributed by atoms with Crippen molar-refractivity contribution >= 4 is 41.2 Å². The van der Waals surface area contributed by atoms with Crippen molar-refractivity contribution in [2.24, 2.45) is 16.7 Å². The van der Waals surface area contributed by atoms with Crippen molar-refractivity contribution in [2.45, 2.75) is 78.5 Å². The van der Waals surface area contributed by atoms with Crippen LogP contribution in [0.15, 0.2) is 48.8 Å². The van der Waals surface area contributed by atoms with Gasteiger partial charge >= 0.3 is 0 Å². The molecule has 5 aliphatic rings. The third-order valence-electron chi connectivity index (χ3n) is 13.2. The minimum Gasteiger partial charge on any atom is -0.489 e. The van der Waals surface area contributed by atoms with Gasteiger partial charge < -0.3 is 19.9 Å². The molecular formula is C44H51N9O6. The number of piperidine rings is 2. The molecule has 59 heavy (non-hydrogen) atoms. The van der Waals surface area contributed by atoms with E-state index in [9.17, 15) is 29.2 Å². The Kier molecular flexibility index (Phi) is 10.4. The summed E-state index contributed by atoms with van der Waals surface area (Å²) in [5, 5.41) is 14.8. The fourth-order valence-corrected chi connectivity index (χ4v) is 10.1. The van der Waals surface area contributed by atoms with E-state index < -0.39 is 29.7 Å². The molecule has 1 aromatic heterocycles. The van der Waals surface area contributed by atoms with E-state index in [1.165, 1.54) is 0 Å². The maximum Gasteiger partial charge on any atom is 0.262 e. The highest BCUT2D eigenvalue weighted by atomic mass is 16.5. The molecule has 1 aliphatic carbocycles. The van der Waals surface area contributed by atoms with E-state index in [-0.39, 0.29) is 47.3 Å². The van der Waals surface area contributed by atoms with E-state index in [1.807, 2.05) is 25.1 Å². The van der Waals surface area contributed by atoms with Crippen LogP contribution in [0, 0.1) is 35.0 Å². The number of rotatable bonds is 9. The Morgan fingerprint density at radius 2 is 1.56 bits per heavy atom. The zero-order valence-electron chi connectivity index (χ0n) is 34.3. The number of carbonyl (C=O) groups excluding carboxylic acids is 5. The highest BCUT2D eigenvalue weighted by Gasteiger charge is 2.64. The summed E-state index contributed by atoms with van der Waals surface area (Å²) in [7, 11) is 0. The second kappa shape index (κ2) is 15.4. The van der Waals surface area contributed by atoms with Crippen LogP contribution >= 0.6 is 0 Å². The lowest BCUT2D eigenvalue weighted by molar-refractivity contribution is -0.164. The summed E-state index contributed by atoms with van der Waals surface area (Å²) in [6.07, 6.45) is 5.30. The summed E-state index contributed by atoms with van der Waals surface area (Å²) in [5.41, 5.74) is 2.66. The van der Waals surface area contributed by atoms with E-state index >= 15 is 0 Å². The number of amides is 5. The number of aryl methyl sites for hydroxylation is 1. The minimum absolute atomic E-state index is 0.0868. The van der Waals surface area contributed by atoms with Crippen LogP contribution in [0.3, 0.4) is 0 Å². The largest absolute Gasteiger partial charge is 0.489 e. The molecule has 5 amide bonds. The smallest absolute Gasteiger partial charge is 0.262 e. The number of anilines is 2. The second-order valence-electron chi connectivity index (χ2n) is 17.8. The molecule has 5 heterocycles. The van der Waals surface area contributed by atoms with Gasteiger partial charge in [-0.25, -0.2) is 9.97 Å². The first-order chi connectivity index (χ1) is 28.1. The Morgan fingerprint density at radius 3 is 2.20 bits per heavy atom. The molecule has 15 nitrogen and oxygen atoms in total. The van der Waals surface area contributed by atoms with Crippen molar-refractivity contribution in [3.8, 4) is 11.8 Å². The van der Waals surface area contributed by atoms with Crippen molar-refractivity contribution in [1.29, 1.82) is 5.26 Å². The molecule has 0 bridgehead atoms. The number of benzene rings is 2. The third kappa shape index (κ3) is 7.39. The third-order valence-corrected chi connectivity index (χ3v) is 13.2. The van der Waals surface area contributed by atoms with Gasteiger partial charge in [-0.15, -0.1) is 0 Å². The molecule has 2 aromatic carbocycles. The highest BCUT2D eigenvalue weighted by Crippen LogP contribution is 2.55. The van der Waals surface area contributed by atoms with E-state index in [1.54, 1.807) is 30.6 Å². The van der Waals surface area contributed by atoms with Gasteiger partial charge in [0.25, 0.3) is 17.7 Å². The van der Waals surface area contributed by atoms with Crippen LogP contribution in [-0.2, 0) is 9.59 Å². The molecule has 4 fully saturated rings. The molecule has 3 saturated heterocycles. The molecule has 308 valence electrons. The van der Waals surface area contributed by atoms with E-state index in [0.29, 0.717) is 34.3 Å². The number of aromatic nitrogens is 2. The normalized spacial score (nSPS) is 24.3. The Balaban J connectivity index is 0.789. The number of hydrogen-bond donors (Lipinski definition) is 2. The van der Waals surface area contributed by atoms with Crippen molar-refractivity contribution in [3.05, 3.63) is 76.6 Å². The molecule has 0 spiro atoms. The molecule has 4 aliphatic heterocycles. The summed E-state index contributed by atoms with van der Waals surface area (Å²) in [5.74, 6) is -0.346. The van der Waals surface area contributed by atoms with Crippen molar-refractivity contribution in [1.82, 2.24) is 30.4 Å². The standard InChI is InChI=1S/C44H51N9O6/c1-26-20-31(8-6-28(26)22-45)59-41-43(2,3)40(44(41,4)5)49-36(55)29-23-46-42(47-24-29)52-14-12-27(13-15-52)25-50-16-18-51(19-17-50)30-7-9-32-33(21-30)39(58)53(38(32)57)34-10-11-35(54)48-37(34)56/h6-9,20-21,23-24,27,34,40-41H,10-19,25H2,1-5H3,(H,49,55)(H,48,54,56). The number of fused-ring (bicyclic) bond motifs is 1. The van der Waals surface area contributed by atoms with E-state index in [4.69, 9.17) is 4.74 Å².